The molecule has 0 aliphatic heterocycles. The number of imidazole rings is 1. The summed E-state index contributed by atoms with van der Waals surface area (Å²) in [5.74, 6) is -2.47. The Morgan fingerprint density at radius 2 is 1.60 bits per heavy atom. The van der Waals surface area contributed by atoms with Crippen LogP contribution in [-0.4, -0.2) is 43.8 Å². The monoisotopic (exact) mass is 495 g/mol. The van der Waals surface area contributed by atoms with Crippen molar-refractivity contribution in [1.82, 2.24) is 9.55 Å². The van der Waals surface area contributed by atoms with Crippen molar-refractivity contribution in [1.29, 1.82) is 0 Å². The van der Waals surface area contributed by atoms with E-state index in [9.17, 15) is 33.7 Å². The Morgan fingerprint density at radius 1 is 1.03 bits per heavy atom. The number of nitrogens with one attached hydrogen (secondary N) is 1. The van der Waals surface area contributed by atoms with Crippen LogP contribution in [0.15, 0.2) is 48.5 Å². The molecule has 0 aliphatic rings. The smallest absolute Gasteiger partial charge is 0.550 e. The first-order chi connectivity index (χ1) is 16.1. The molecule has 11 heteroatoms. The van der Waals surface area contributed by atoms with Crippen molar-refractivity contribution in [3.05, 3.63) is 71.6 Å². The second kappa shape index (κ2) is 12.9. The van der Waals surface area contributed by atoms with Gasteiger partial charge in [0, 0.05) is 35.9 Å². The van der Waals surface area contributed by atoms with Gasteiger partial charge in [-0.05, 0) is 68.3 Å². The number of aliphatic hydroxyl groups is 2. The molecule has 180 valence electrons. The first kappa shape index (κ1) is 28.6. The van der Waals surface area contributed by atoms with Gasteiger partial charge in [-0.2, -0.15) is 0 Å². The second-order valence-corrected chi connectivity index (χ2v) is 7.90. The fraction of sp³-hybridized carbons (Fsp3) is 0.292. The van der Waals surface area contributed by atoms with Gasteiger partial charge in [0.25, 0.3) is 5.91 Å². The Bertz CT molecular complexity index is 1150. The van der Waals surface area contributed by atoms with Gasteiger partial charge < -0.3 is 30.0 Å². The number of aliphatic carboxylic acids is 1. The Hall–Kier alpha value is -2.63. The van der Waals surface area contributed by atoms with Crippen molar-refractivity contribution < 1.29 is 63.2 Å². The normalized spacial score (nSPS) is 12.5. The summed E-state index contributed by atoms with van der Waals surface area (Å²) in [5, 5.41) is 33.2. The Labute approximate surface area is 222 Å². The number of carbonyl (C=O) groups excluding carboxylic acids is 2. The quantitative estimate of drug-likeness (QED) is 0.311. The molecule has 2 aromatic carbocycles. The van der Waals surface area contributed by atoms with Gasteiger partial charge in [0.15, 0.2) is 0 Å². The molecular formula is C24H24F2N3NaO5. The number of aliphatic hydroxyl groups excluding tert-OH is 2. The molecule has 0 radical (unpaired) electrons. The molecule has 3 rings (SSSR count). The third-order valence-electron chi connectivity index (χ3n) is 5.27. The molecule has 0 spiro atoms. The van der Waals surface area contributed by atoms with E-state index in [2.05, 4.69) is 10.3 Å². The molecule has 0 unspecified atom stereocenters. The van der Waals surface area contributed by atoms with Gasteiger partial charge in [0.05, 0.1) is 12.2 Å². The zero-order valence-corrected chi connectivity index (χ0v) is 21.4. The van der Waals surface area contributed by atoms with Gasteiger partial charge in [-0.1, -0.05) is 0 Å². The molecule has 35 heavy (non-hydrogen) atoms. The minimum atomic E-state index is -1.42. The zero-order chi connectivity index (χ0) is 24.8. The summed E-state index contributed by atoms with van der Waals surface area (Å²) in [6, 6.07) is 10.8. The van der Waals surface area contributed by atoms with Crippen molar-refractivity contribution in [2.75, 3.05) is 5.32 Å². The van der Waals surface area contributed by atoms with Crippen LogP contribution in [0.3, 0.4) is 0 Å². The van der Waals surface area contributed by atoms with Crippen LogP contribution in [0.2, 0.25) is 0 Å². The van der Waals surface area contributed by atoms with Gasteiger partial charge >= 0.3 is 29.6 Å². The van der Waals surface area contributed by atoms with Crippen molar-refractivity contribution >= 4 is 17.6 Å². The topological polar surface area (TPSA) is 128 Å². The molecule has 1 amide bonds. The number of aromatic nitrogens is 2. The zero-order valence-electron chi connectivity index (χ0n) is 19.4. The molecule has 1 heterocycles. The molecule has 8 nitrogen and oxygen atoms in total. The molecular weight excluding hydrogens is 471 g/mol. The van der Waals surface area contributed by atoms with E-state index in [-0.39, 0.29) is 54.6 Å². The van der Waals surface area contributed by atoms with E-state index in [1.165, 1.54) is 48.5 Å². The minimum Gasteiger partial charge on any atom is -0.550 e. The molecule has 0 saturated heterocycles. The summed E-state index contributed by atoms with van der Waals surface area (Å²) in [7, 11) is 0. The maximum absolute atomic E-state index is 13.4. The predicted octanol–water partition coefficient (Wildman–Crippen LogP) is -0.965. The summed E-state index contributed by atoms with van der Waals surface area (Å²) in [6.45, 7) is 1.85. The Morgan fingerprint density at radius 3 is 2.17 bits per heavy atom. The summed E-state index contributed by atoms with van der Waals surface area (Å²) < 4.78 is 28.3. The summed E-state index contributed by atoms with van der Waals surface area (Å²) in [6.07, 6.45) is -2.89. The van der Waals surface area contributed by atoms with Gasteiger partial charge in [0.2, 0.25) is 0 Å². The van der Waals surface area contributed by atoms with E-state index in [1.807, 2.05) is 0 Å². The summed E-state index contributed by atoms with van der Waals surface area (Å²) >= 11 is 0. The van der Waals surface area contributed by atoms with E-state index in [0.29, 0.717) is 22.8 Å². The molecule has 0 fully saturated rings. The third-order valence-corrected chi connectivity index (χ3v) is 5.27. The van der Waals surface area contributed by atoms with E-state index < -0.39 is 42.1 Å². The first-order valence-corrected chi connectivity index (χ1v) is 10.6. The average Bonchev–Trinajstić information content (AvgIpc) is 3.10. The molecule has 0 bridgehead atoms. The third kappa shape index (κ3) is 7.94. The molecule has 3 N–H and O–H groups in total. The van der Waals surface area contributed by atoms with Crippen LogP contribution in [0.4, 0.5) is 14.5 Å². The molecule has 2 atom stereocenters. The number of halogens is 2. The van der Waals surface area contributed by atoms with Crippen LogP contribution in [-0.2, 0) is 11.3 Å². The number of carboxylic acid groups (broad SMARTS) is 1. The number of anilines is 1. The summed E-state index contributed by atoms with van der Waals surface area (Å²) in [4.78, 5) is 27.9. The van der Waals surface area contributed by atoms with Crippen molar-refractivity contribution in [3.8, 4) is 11.4 Å². The molecule has 0 saturated carbocycles. The number of hydrogen-bond donors (Lipinski definition) is 3. The van der Waals surface area contributed by atoms with Crippen LogP contribution in [0, 0.1) is 18.6 Å². The van der Waals surface area contributed by atoms with Gasteiger partial charge in [-0.3, -0.25) is 4.79 Å². The number of hydrogen-bond acceptors (Lipinski definition) is 6. The average molecular weight is 495 g/mol. The number of carboxylic acids is 1. The molecule has 3 aromatic rings. The number of rotatable bonds is 10. The van der Waals surface area contributed by atoms with Crippen LogP contribution >= 0.6 is 0 Å². The number of nitrogens with zero attached hydrogens (tertiary/aromatic N) is 2. The van der Waals surface area contributed by atoms with Crippen molar-refractivity contribution in [2.24, 2.45) is 0 Å². The van der Waals surface area contributed by atoms with Gasteiger partial charge in [0.1, 0.15) is 23.2 Å². The fourth-order valence-electron chi connectivity index (χ4n) is 3.55. The van der Waals surface area contributed by atoms with E-state index in [0.717, 1.165) is 0 Å². The number of benzene rings is 2. The van der Waals surface area contributed by atoms with Crippen LogP contribution in [0.25, 0.3) is 11.4 Å². The predicted molar refractivity (Wildman–Crippen MR) is 118 cm³/mol. The van der Waals surface area contributed by atoms with Crippen molar-refractivity contribution in [2.45, 2.75) is 44.9 Å². The maximum Gasteiger partial charge on any atom is 1.00 e. The van der Waals surface area contributed by atoms with Gasteiger partial charge in [-0.25, -0.2) is 13.8 Å². The van der Waals surface area contributed by atoms with E-state index >= 15 is 0 Å². The standard InChI is InChI=1S/C24H25F2N3O5.Na/c1-14-22(24(34)27-18-8-6-17(26)7-9-18)28-23(15-2-4-16(25)5-3-15)29(14)11-10-19(30)12-20(31)13-21(32)33;/h2-9,19-20,30-31H,10-13H2,1H3,(H,27,34)(H,32,33);/q;+1/p-1/t19-,20-;/m1./s1. The second-order valence-electron chi connectivity index (χ2n) is 7.90. The first-order valence-electron chi connectivity index (χ1n) is 10.6. The fourth-order valence-corrected chi connectivity index (χ4v) is 3.55. The molecule has 0 aliphatic carbocycles. The number of carbonyl (C=O) groups is 2. The molecule has 1 aromatic heterocycles. The Kier molecular flexibility index (Phi) is 10.5. The van der Waals surface area contributed by atoms with Crippen molar-refractivity contribution in [3.63, 3.8) is 0 Å². The van der Waals surface area contributed by atoms with Crippen LogP contribution < -0.4 is 40.0 Å². The van der Waals surface area contributed by atoms with E-state index in [4.69, 9.17) is 0 Å². The maximum atomic E-state index is 13.4. The van der Waals surface area contributed by atoms with Crippen LogP contribution in [0.5, 0.6) is 0 Å². The largest absolute Gasteiger partial charge is 1.00 e. The van der Waals surface area contributed by atoms with Crippen LogP contribution in [0.1, 0.15) is 35.4 Å². The SMILES string of the molecule is Cc1c(C(=O)Nc2ccc(F)cc2)nc(-c2ccc(F)cc2)n1CC[C@@H](O)C[C@@H](O)CC(=O)[O-].[Na+]. The summed E-state index contributed by atoms with van der Waals surface area (Å²) in [5.41, 5.74) is 1.48. The van der Waals surface area contributed by atoms with Gasteiger partial charge in [-0.15, -0.1) is 0 Å². The van der Waals surface area contributed by atoms with E-state index in [1.54, 1.807) is 11.5 Å². The number of amides is 1. The Balaban J connectivity index is 0.00000432. The minimum absolute atomic E-state index is 0.